The minimum Gasteiger partial charge on any atom is -0.359 e. The number of rotatable bonds is 4. The van der Waals surface area contributed by atoms with Crippen LogP contribution in [0.25, 0.3) is 0 Å². The molecule has 1 N–H and O–H groups in total. The first-order chi connectivity index (χ1) is 8.22. The van der Waals surface area contributed by atoms with Gasteiger partial charge in [0.05, 0.1) is 5.69 Å². The summed E-state index contributed by atoms with van der Waals surface area (Å²) in [4.78, 5) is 11.2. The molecule has 17 heavy (non-hydrogen) atoms. The first-order valence-electron chi connectivity index (χ1n) is 6.19. The number of halogens is 1. The van der Waals surface area contributed by atoms with E-state index in [4.69, 9.17) is 0 Å². The fourth-order valence-corrected chi connectivity index (χ4v) is 2.49. The molecular formula is C12H19BrN4. The van der Waals surface area contributed by atoms with Crippen molar-refractivity contribution in [2.45, 2.75) is 32.7 Å². The third-order valence-electron chi connectivity index (χ3n) is 3.09. The molecule has 2 heterocycles. The SMILES string of the molecule is CCCCN(C)c1nc(Br)nc2c1CNCC2. The zero-order valence-electron chi connectivity index (χ0n) is 10.5. The molecular weight excluding hydrogens is 280 g/mol. The van der Waals surface area contributed by atoms with E-state index in [1.165, 1.54) is 24.1 Å². The summed E-state index contributed by atoms with van der Waals surface area (Å²) >= 11 is 3.41. The van der Waals surface area contributed by atoms with Crippen LogP contribution in [0.15, 0.2) is 4.73 Å². The summed E-state index contributed by atoms with van der Waals surface area (Å²) < 4.78 is 0.705. The van der Waals surface area contributed by atoms with E-state index in [-0.39, 0.29) is 0 Å². The Morgan fingerprint density at radius 3 is 3.00 bits per heavy atom. The van der Waals surface area contributed by atoms with E-state index >= 15 is 0 Å². The van der Waals surface area contributed by atoms with Crippen molar-refractivity contribution in [2.24, 2.45) is 0 Å². The van der Waals surface area contributed by atoms with Crippen molar-refractivity contribution in [3.8, 4) is 0 Å². The predicted molar refractivity (Wildman–Crippen MR) is 73.3 cm³/mol. The Balaban J connectivity index is 2.28. The van der Waals surface area contributed by atoms with Gasteiger partial charge in [-0.25, -0.2) is 9.97 Å². The Kier molecular flexibility index (Phi) is 4.34. The molecule has 0 saturated carbocycles. The maximum atomic E-state index is 4.53. The first kappa shape index (κ1) is 12.8. The highest BCUT2D eigenvalue weighted by molar-refractivity contribution is 9.10. The zero-order chi connectivity index (χ0) is 12.3. The Hall–Kier alpha value is -0.680. The van der Waals surface area contributed by atoms with Crippen LogP contribution in [0.3, 0.4) is 0 Å². The van der Waals surface area contributed by atoms with Crippen LogP contribution in [-0.4, -0.2) is 30.1 Å². The summed E-state index contributed by atoms with van der Waals surface area (Å²) in [6.45, 7) is 5.15. The van der Waals surface area contributed by atoms with E-state index in [1.54, 1.807) is 0 Å². The van der Waals surface area contributed by atoms with Gasteiger partial charge in [0.1, 0.15) is 5.82 Å². The third kappa shape index (κ3) is 2.96. The van der Waals surface area contributed by atoms with Gasteiger partial charge in [0.15, 0.2) is 4.73 Å². The molecule has 0 bridgehead atoms. The van der Waals surface area contributed by atoms with Crippen molar-refractivity contribution in [1.29, 1.82) is 0 Å². The van der Waals surface area contributed by atoms with Crippen LogP contribution in [0.1, 0.15) is 31.0 Å². The topological polar surface area (TPSA) is 41.1 Å². The number of anilines is 1. The highest BCUT2D eigenvalue weighted by Crippen LogP contribution is 2.24. The number of fused-ring (bicyclic) bond motifs is 1. The quantitative estimate of drug-likeness (QED) is 0.865. The lowest BCUT2D eigenvalue weighted by Crippen LogP contribution is -2.29. The van der Waals surface area contributed by atoms with E-state index in [2.05, 4.69) is 50.1 Å². The fraction of sp³-hybridized carbons (Fsp3) is 0.667. The normalized spacial score (nSPS) is 14.5. The Labute approximate surface area is 111 Å². The summed E-state index contributed by atoms with van der Waals surface area (Å²) in [6, 6.07) is 0. The number of nitrogens with zero attached hydrogens (tertiary/aromatic N) is 3. The van der Waals surface area contributed by atoms with Gasteiger partial charge in [-0.1, -0.05) is 13.3 Å². The van der Waals surface area contributed by atoms with Crippen LogP contribution >= 0.6 is 15.9 Å². The molecule has 0 aromatic carbocycles. The molecule has 0 saturated heterocycles. The van der Waals surface area contributed by atoms with Gasteiger partial charge in [-0.05, 0) is 22.4 Å². The zero-order valence-corrected chi connectivity index (χ0v) is 12.0. The summed E-state index contributed by atoms with van der Waals surface area (Å²) in [5, 5.41) is 3.39. The molecule has 94 valence electrons. The molecule has 0 atom stereocenters. The molecule has 0 aliphatic carbocycles. The minimum atomic E-state index is 0.705. The van der Waals surface area contributed by atoms with E-state index in [0.717, 1.165) is 31.9 Å². The molecule has 0 fully saturated rings. The van der Waals surface area contributed by atoms with Crippen LogP contribution in [0, 0.1) is 0 Å². The number of nitrogens with one attached hydrogen (secondary N) is 1. The molecule has 0 unspecified atom stereocenters. The first-order valence-corrected chi connectivity index (χ1v) is 6.98. The van der Waals surface area contributed by atoms with Crippen LogP contribution in [-0.2, 0) is 13.0 Å². The van der Waals surface area contributed by atoms with Gasteiger partial charge in [-0.2, -0.15) is 0 Å². The lowest BCUT2D eigenvalue weighted by Gasteiger charge is -2.25. The van der Waals surface area contributed by atoms with Crippen LogP contribution in [0.5, 0.6) is 0 Å². The molecule has 0 spiro atoms. The van der Waals surface area contributed by atoms with Gasteiger partial charge >= 0.3 is 0 Å². The van der Waals surface area contributed by atoms with Gasteiger partial charge in [-0.3, -0.25) is 0 Å². The van der Waals surface area contributed by atoms with E-state index in [1.807, 2.05) is 0 Å². The van der Waals surface area contributed by atoms with Crippen molar-refractivity contribution in [1.82, 2.24) is 15.3 Å². The second-order valence-electron chi connectivity index (χ2n) is 4.44. The summed E-state index contributed by atoms with van der Waals surface area (Å²) in [6.07, 6.45) is 3.39. The van der Waals surface area contributed by atoms with Gasteiger partial charge in [0.25, 0.3) is 0 Å². The van der Waals surface area contributed by atoms with Gasteiger partial charge in [0, 0.05) is 38.7 Å². The summed E-state index contributed by atoms with van der Waals surface area (Å²) in [5.41, 5.74) is 2.45. The Morgan fingerprint density at radius 2 is 2.24 bits per heavy atom. The average molecular weight is 299 g/mol. The lowest BCUT2D eigenvalue weighted by molar-refractivity contribution is 0.619. The molecule has 2 rings (SSSR count). The maximum Gasteiger partial charge on any atom is 0.198 e. The highest BCUT2D eigenvalue weighted by Gasteiger charge is 2.18. The van der Waals surface area contributed by atoms with Gasteiger partial charge in [-0.15, -0.1) is 0 Å². The number of unbranched alkanes of at least 4 members (excludes halogenated alkanes) is 1. The van der Waals surface area contributed by atoms with Gasteiger partial charge < -0.3 is 10.2 Å². The molecule has 5 heteroatoms. The van der Waals surface area contributed by atoms with Crippen LogP contribution < -0.4 is 10.2 Å². The van der Waals surface area contributed by atoms with E-state index < -0.39 is 0 Å². The van der Waals surface area contributed by atoms with Crippen molar-refractivity contribution >= 4 is 21.7 Å². The van der Waals surface area contributed by atoms with Crippen molar-refractivity contribution in [3.05, 3.63) is 16.0 Å². The number of hydrogen-bond acceptors (Lipinski definition) is 4. The maximum absolute atomic E-state index is 4.53. The largest absolute Gasteiger partial charge is 0.359 e. The van der Waals surface area contributed by atoms with E-state index in [0.29, 0.717) is 4.73 Å². The molecule has 1 aliphatic heterocycles. The predicted octanol–water partition coefficient (Wildman–Crippen LogP) is 2.12. The van der Waals surface area contributed by atoms with Crippen molar-refractivity contribution < 1.29 is 0 Å². The molecule has 1 aromatic rings. The molecule has 1 aromatic heterocycles. The third-order valence-corrected chi connectivity index (χ3v) is 3.45. The fourth-order valence-electron chi connectivity index (χ4n) is 2.11. The molecule has 0 radical (unpaired) electrons. The molecule has 4 nitrogen and oxygen atoms in total. The average Bonchev–Trinajstić information content (AvgIpc) is 2.34. The summed E-state index contributed by atoms with van der Waals surface area (Å²) in [5.74, 6) is 1.07. The molecule has 0 amide bonds. The standard InChI is InChI=1S/C12H19BrN4/c1-3-4-7-17(2)11-9-8-14-6-5-10(9)15-12(13)16-11/h14H,3-8H2,1-2H3. The summed E-state index contributed by atoms with van der Waals surface area (Å²) in [7, 11) is 2.11. The Bertz CT molecular complexity index is 394. The monoisotopic (exact) mass is 298 g/mol. The van der Waals surface area contributed by atoms with Crippen LogP contribution in [0.2, 0.25) is 0 Å². The smallest absolute Gasteiger partial charge is 0.198 e. The highest BCUT2D eigenvalue weighted by atomic mass is 79.9. The van der Waals surface area contributed by atoms with Crippen molar-refractivity contribution in [3.63, 3.8) is 0 Å². The lowest BCUT2D eigenvalue weighted by atomic mass is 10.1. The van der Waals surface area contributed by atoms with Crippen molar-refractivity contribution in [2.75, 3.05) is 25.0 Å². The second-order valence-corrected chi connectivity index (χ2v) is 5.15. The number of hydrogen-bond donors (Lipinski definition) is 1. The number of aromatic nitrogens is 2. The Morgan fingerprint density at radius 1 is 1.41 bits per heavy atom. The minimum absolute atomic E-state index is 0.705. The second kappa shape index (κ2) is 5.78. The van der Waals surface area contributed by atoms with Gasteiger partial charge in [0.2, 0.25) is 0 Å². The molecule has 1 aliphatic rings. The van der Waals surface area contributed by atoms with Crippen LogP contribution in [0.4, 0.5) is 5.82 Å². The van der Waals surface area contributed by atoms with E-state index in [9.17, 15) is 0 Å².